The van der Waals surface area contributed by atoms with Crippen molar-refractivity contribution in [2.75, 3.05) is 6.61 Å². The normalized spacial score (nSPS) is 22.2. The van der Waals surface area contributed by atoms with E-state index >= 15 is 0 Å². The van der Waals surface area contributed by atoms with Crippen LogP contribution < -0.4 is 0 Å². The monoisotopic (exact) mass is 499 g/mol. The number of nitrogens with zero attached hydrogens (tertiary/aromatic N) is 3. The van der Waals surface area contributed by atoms with E-state index in [-0.39, 0.29) is 0 Å². The number of thiophene rings is 2. The Morgan fingerprint density at radius 3 is 2.53 bits per heavy atom. The van der Waals surface area contributed by atoms with Crippen LogP contribution in [0, 0.1) is 0 Å². The molecule has 11 heteroatoms. The fourth-order valence-electron chi connectivity index (χ4n) is 4.08. The Morgan fingerprint density at radius 1 is 1.06 bits per heavy atom. The fraction of sp³-hybridized carbons (Fsp3) is 0.304. The molecule has 176 valence electrons. The summed E-state index contributed by atoms with van der Waals surface area (Å²) in [5, 5.41) is 11.9. The number of imidazole rings is 1. The molecule has 0 radical (unpaired) electrons. The molecule has 1 fully saturated rings. The number of aromatic nitrogens is 3. The van der Waals surface area contributed by atoms with Gasteiger partial charge in [-0.25, -0.2) is 9.97 Å². The van der Waals surface area contributed by atoms with Crippen LogP contribution in [0.4, 0.5) is 0 Å². The highest BCUT2D eigenvalue weighted by Crippen LogP contribution is 2.40. The lowest BCUT2D eigenvalue weighted by Gasteiger charge is -2.23. The summed E-state index contributed by atoms with van der Waals surface area (Å²) in [5.41, 5.74) is 2.09. The minimum absolute atomic E-state index is 0.418. The highest BCUT2D eigenvalue weighted by Gasteiger charge is 2.50. The molecule has 1 aliphatic rings. The van der Waals surface area contributed by atoms with Crippen LogP contribution in [0.1, 0.15) is 20.1 Å². The van der Waals surface area contributed by atoms with Crippen molar-refractivity contribution in [2.24, 2.45) is 0 Å². The van der Waals surface area contributed by atoms with Crippen molar-refractivity contribution in [2.45, 2.75) is 38.4 Å². The third-order valence-corrected chi connectivity index (χ3v) is 7.62. The largest absolute Gasteiger partial charge is 0.456 e. The first-order chi connectivity index (χ1) is 16.5. The lowest BCUT2D eigenvalue weighted by Crippen LogP contribution is -2.40. The molecule has 0 aromatic carbocycles. The minimum atomic E-state index is -0.978. The number of ether oxygens (including phenoxy) is 3. The molecule has 9 nitrogen and oxygen atoms in total. The molecule has 1 aliphatic heterocycles. The highest BCUT2D eigenvalue weighted by molar-refractivity contribution is 7.23. The molecule has 5 heterocycles. The van der Waals surface area contributed by atoms with E-state index in [0.29, 0.717) is 11.2 Å². The molecule has 0 aliphatic carbocycles. The van der Waals surface area contributed by atoms with Crippen molar-refractivity contribution in [1.82, 2.24) is 14.5 Å². The Bertz CT molecular complexity index is 1330. The third-order valence-electron chi connectivity index (χ3n) is 5.44. The van der Waals surface area contributed by atoms with Gasteiger partial charge in [0, 0.05) is 40.2 Å². The zero-order chi connectivity index (χ0) is 23.8. The molecule has 34 heavy (non-hydrogen) atoms. The number of hydrogen-bond donors (Lipinski definition) is 1. The van der Waals surface area contributed by atoms with Gasteiger partial charge in [-0.1, -0.05) is 6.07 Å². The summed E-state index contributed by atoms with van der Waals surface area (Å²) in [6.07, 6.45) is -0.465. The molecule has 0 spiro atoms. The van der Waals surface area contributed by atoms with Crippen LogP contribution in [-0.4, -0.2) is 56.5 Å². The molecule has 4 aromatic rings. The summed E-state index contributed by atoms with van der Waals surface area (Å²) >= 11 is 3.35. The van der Waals surface area contributed by atoms with Crippen molar-refractivity contribution in [3.05, 3.63) is 48.2 Å². The van der Waals surface area contributed by atoms with E-state index in [9.17, 15) is 14.7 Å². The Morgan fingerprint density at radius 2 is 1.82 bits per heavy atom. The number of esters is 2. The van der Waals surface area contributed by atoms with Gasteiger partial charge in [0.05, 0.1) is 12.9 Å². The highest BCUT2D eigenvalue weighted by atomic mass is 32.1. The van der Waals surface area contributed by atoms with E-state index in [1.165, 1.54) is 23.6 Å². The molecule has 0 bridgehead atoms. The second-order valence-electron chi connectivity index (χ2n) is 7.72. The van der Waals surface area contributed by atoms with E-state index in [2.05, 4.69) is 28.2 Å². The van der Waals surface area contributed by atoms with Crippen LogP contribution in [0.5, 0.6) is 0 Å². The molecule has 1 saturated heterocycles. The molecule has 4 aromatic heterocycles. The molecular formula is C23H21N3O6S2. The summed E-state index contributed by atoms with van der Waals surface area (Å²) < 4.78 is 18.4. The van der Waals surface area contributed by atoms with E-state index in [4.69, 9.17) is 14.2 Å². The van der Waals surface area contributed by atoms with Crippen molar-refractivity contribution < 1.29 is 28.9 Å². The van der Waals surface area contributed by atoms with Crippen LogP contribution in [-0.2, 0) is 23.8 Å². The van der Waals surface area contributed by atoms with Crippen molar-refractivity contribution in [3.63, 3.8) is 0 Å². The zero-order valence-corrected chi connectivity index (χ0v) is 19.9. The Hall–Kier alpha value is -3.12. The van der Waals surface area contributed by atoms with E-state index in [0.717, 1.165) is 10.4 Å². The molecule has 4 atom stereocenters. The van der Waals surface area contributed by atoms with Crippen molar-refractivity contribution in [3.8, 4) is 20.2 Å². The lowest BCUT2D eigenvalue weighted by molar-refractivity contribution is -0.165. The SMILES string of the molecule is CC(=O)OC1C(OC(C)=O)[C@@H](CO)O[C@H]1n1cnc2c(-c3ccc(-c4cccs4)s3)ccnc21. The van der Waals surface area contributed by atoms with Crippen molar-refractivity contribution >= 4 is 45.8 Å². The van der Waals surface area contributed by atoms with Crippen LogP contribution >= 0.6 is 22.7 Å². The van der Waals surface area contributed by atoms with E-state index < -0.39 is 43.1 Å². The second kappa shape index (κ2) is 9.26. The van der Waals surface area contributed by atoms with Gasteiger partial charge in [0.2, 0.25) is 0 Å². The molecule has 2 unspecified atom stereocenters. The topological polar surface area (TPSA) is 113 Å². The van der Waals surface area contributed by atoms with Gasteiger partial charge in [-0.3, -0.25) is 14.2 Å². The van der Waals surface area contributed by atoms with Gasteiger partial charge in [0.15, 0.2) is 24.1 Å². The molecule has 0 amide bonds. The maximum atomic E-state index is 11.8. The number of carbonyl (C=O) groups is 2. The lowest BCUT2D eigenvalue weighted by atomic mass is 10.1. The van der Waals surface area contributed by atoms with Crippen LogP contribution in [0.2, 0.25) is 0 Å². The van der Waals surface area contributed by atoms with Gasteiger partial charge < -0.3 is 19.3 Å². The number of rotatable bonds is 6. The van der Waals surface area contributed by atoms with Gasteiger partial charge in [0.25, 0.3) is 0 Å². The predicted octanol–water partition coefficient (Wildman–Crippen LogP) is 3.64. The minimum Gasteiger partial charge on any atom is -0.456 e. The van der Waals surface area contributed by atoms with E-state index in [1.807, 2.05) is 17.5 Å². The first kappa shape index (κ1) is 22.7. The van der Waals surface area contributed by atoms with Gasteiger partial charge >= 0.3 is 11.9 Å². The Kier molecular flexibility index (Phi) is 6.17. The third kappa shape index (κ3) is 4.11. The Labute approximate surface area is 202 Å². The van der Waals surface area contributed by atoms with Gasteiger partial charge in [-0.05, 0) is 29.6 Å². The van der Waals surface area contributed by atoms with Crippen LogP contribution in [0.25, 0.3) is 31.4 Å². The van der Waals surface area contributed by atoms with E-state index in [1.54, 1.807) is 39.8 Å². The first-order valence-electron chi connectivity index (χ1n) is 10.5. The summed E-state index contributed by atoms with van der Waals surface area (Å²) in [5.74, 6) is -1.13. The maximum Gasteiger partial charge on any atom is 0.303 e. The number of fused-ring (bicyclic) bond motifs is 1. The van der Waals surface area contributed by atoms with Crippen molar-refractivity contribution in [1.29, 1.82) is 0 Å². The average molecular weight is 500 g/mol. The second-order valence-corrected chi connectivity index (χ2v) is 9.75. The summed E-state index contributed by atoms with van der Waals surface area (Å²) in [6.45, 7) is 2.09. The number of pyridine rings is 1. The van der Waals surface area contributed by atoms with Crippen LogP contribution in [0.15, 0.2) is 48.2 Å². The van der Waals surface area contributed by atoms with Gasteiger partial charge in [-0.2, -0.15) is 0 Å². The number of aliphatic hydroxyl groups is 1. The molecule has 1 N–H and O–H groups in total. The standard InChI is InChI=1S/C23H21N3O6S2/c1-12(28)30-20-15(10-27)32-23(21(20)31-13(2)29)26-11-25-19-14(7-8-24-22(19)26)16-5-6-18(34-16)17-4-3-9-33-17/h3-9,11,15,20-21,23,27H,10H2,1-2H3/t15-,20?,21?,23-/m1/s1. The summed E-state index contributed by atoms with van der Waals surface area (Å²) in [6, 6.07) is 10.2. The maximum absolute atomic E-state index is 11.8. The quantitative estimate of drug-likeness (QED) is 0.400. The molecule has 0 saturated carbocycles. The zero-order valence-electron chi connectivity index (χ0n) is 18.3. The summed E-state index contributed by atoms with van der Waals surface area (Å²) in [4.78, 5) is 36.0. The number of aliphatic hydroxyl groups excluding tert-OH is 1. The Balaban J connectivity index is 1.54. The average Bonchev–Trinajstić information content (AvgIpc) is 3.59. The summed E-state index contributed by atoms with van der Waals surface area (Å²) in [7, 11) is 0. The molecular weight excluding hydrogens is 478 g/mol. The number of carbonyl (C=O) groups excluding carboxylic acids is 2. The number of hydrogen-bond acceptors (Lipinski definition) is 10. The predicted molar refractivity (Wildman–Crippen MR) is 126 cm³/mol. The fourth-order valence-corrected chi connectivity index (χ4v) is 5.95. The van der Waals surface area contributed by atoms with Crippen LogP contribution in [0.3, 0.4) is 0 Å². The molecule has 5 rings (SSSR count). The van der Waals surface area contributed by atoms with Gasteiger partial charge in [0.1, 0.15) is 11.6 Å². The van der Waals surface area contributed by atoms with Gasteiger partial charge in [-0.15, -0.1) is 22.7 Å². The first-order valence-corrected chi connectivity index (χ1v) is 12.2. The smallest absolute Gasteiger partial charge is 0.303 e.